The highest BCUT2D eigenvalue weighted by atomic mass is 32.1. The molecule has 2 aromatic heterocycles. The molecule has 0 fully saturated rings. The standard InChI is InChI=1S/C11H8F2N4S/c1-2-7-10(18-17-16-7)11-14-8-4-5(12)3-6(13)9(8)15-11/h3-4H,2H2,1H3,(H,14,15). The number of H-pyrrole nitrogens is 1. The molecule has 0 radical (unpaired) electrons. The molecule has 0 aliphatic rings. The SMILES string of the molecule is CCc1nnsc1-c1nc2c(F)cc(F)cc2[nH]1. The van der Waals surface area contributed by atoms with Crippen molar-refractivity contribution in [2.75, 3.05) is 0 Å². The molecule has 1 N–H and O–H groups in total. The van der Waals surface area contributed by atoms with E-state index in [2.05, 4.69) is 19.6 Å². The van der Waals surface area contributed by atoms with Crippen LogP contribution in [0.5, 0.6) is 0 Å². The molecule has 0 aliphatic carbocycles. The lowest BCUT2D eigenvalue weighted by Gasteiger charge is -1.91. The fraction of sp³-hybridized carbons (Fsp3) is 0.182. The third kappa shape index (κ3) is 1.67. The van der Waals surface area contributed by atoms with Crippen LogP contribution in [0.2, 0.25) is 0 Å². The molecule has 0 spiro atoms. The molecule has 1 aromatic carbocycles. The maximum atomic E-state index is 13.5. The molecule has 7 heteroatoms. The van der Waals surface area contributed by atoms with Crippen LogP contribution < -0.4 is 0 Å². The number of hydrogen-bond donors (Lipinski definition) is 1. The molecule has 2 heterocycles. The first-order valence-corrected chi connectivity index (χ1v) is 6.12. The lowest BCUT2D eigenvalue weighted by atomic mass is 10.3. The number of aromatic nitrogens is 4. The van der Waals surface area contributed by atoms with Crippen LogP contribution in [0.1, 0.15) is 12.6 Å². The van der Waals surface area contributed by atoms with Crippen molar-refractivity contribution in [1.82, 2.24) is 19.6 Å². The zero-order valence-corrected chi connectivity index (χ0v) is 10.2. The monoisotopic (exact) mass is 266 g/mol. The largest absolute Gasteiger partial charge is 0.337 e. The number of halogens is 2. The van der Waals surface area contributed by atoms with Crippen LogP contribution in [-0.4, -0.2) is 19.6 Å². The van der Waals surface area contributed by atoms with Gasteiger partial charge in [-0.05, 0) is 24.0 Å². The molecule has 0 bridgehead atoms. The quantitative estimate of drug-likeness (QED) is 0.776. The third-order valence-electron chi connectivity index (χ3n) is 2.61. The van der Waals surface area contributed by atoms with E-state index in [1.54, 1.807) is 0 Å². The van der Waals surface area contributed by atoms with Gasteiger partial charge in [0.15, 0.2) is 11.6 Å². The van der Waals surface area contributed by atoms with Gasteiger partial charge in [-0.2, -0.15) is 0 Å². The zero-order valence-electron chi connectivity index (χ0n) is 9.37. The summed E-state index contributed by atoms with van der Waals surface area (Å²) in [5.74, 6) is -0.835. The van der Waals surface area contributed by atoms with Gasteiger partial charge in [0.25, 0.3) is 0 Å². The minimum Gasteiger partial charge on any atom is -0.337 e. The number of nitrogens with one attached hydrogen (secondary N) is 1. The summed E-state index contributed by atoms with van der Waals surface area (Å²) < 4.78 is 30.5. The summed E-state index contributed by atoms with van der Waals surface area (Å²) >= 11 is 1.18. The molecular formula is C11H8F2N4S. The van der Waals surface area contributed by atoms with Crippen LogP contribution in [0.25, 0.3) is 21.7 Å². The Balaban J connectivity index is 2.22. The first-order chi connectivity index (χ1) is 8.69. The Bertz CT molecular complexity index is 719. The first-order valence-electron chi connectivity index (χ1n) is 5.35. The number of hydrogen-bond acceptors (Lipinski definition) is 4. The van der Waals surface area contributed by atoms with E-state index in [1.165, 1.54) is 17.6 Å². The van der Waals surface area contributed by atoms with Crippen molar-refractivity contribution in [3.8, 4) is 10.7 Å². The van der Waals surface area contributed by atoms with E-state index in [0.29, 0.717) is 17.8 Å². The van der Waals surface area contributed by atoms with Crippen LogP contribution in [0.4, 0.5) is 8.78 Å². The summed E-state index contributed by atoms with van der Waals surface area (Å²) in [6, 6.07) is 2.04. The highest BCUT2D eigenvalue weighted by Crippen LogP contribution is 2.27. The van der Waals surface area contributed by atoms with Crippen molar-refractivity contribution >= 4 is 22.6 Å². The predicted octanol–water partition coefficient (Wildman–Crippen LogP) is 2.92. The molecule has 0 aliphatic heterocycles. The normalized spacial score (nSPS) is 11.3. The number of rotatable bonds is 2. The number of benzene rings is 1. The summed E-state index contributed by atoms with van der Waals surface area (Å²) in [5.41, 5.74) is 1.25. The van der Waals surface area contributed by atoms with Crippen molar-refractivity contribution in [1.29, 1.82) is 0 Å². The van der Waals surface area contributed by atoms with Gasteiger partial charge in [-0.3, -0.25) is 0 Å². The van der Waals surface area contributed by atoms with Crippen LogP contribution in [0, 0.1) is 11.6 Å². The smallest absolute Gasteiger partial charge is 0.153 e. The average molecular weight is 266 g/mol. The van der Waals surface area contributed by atoms with E-state index in [9.17, 15) is 8.78 Å². The molecule has 4 nitrogen and oxygen atoms in total. The Labute approximate surface area is 105 Å². The molecule has 0 unspecified atom stereocenters. The molecule has 0 saturated carbocycles. The van der Waals surface area contributed by atoms with E-state index in [4.69, 9.17) is 0 Å². The van der Waals surface area contributed by atoms with E-state index in [-0.39, 0.29) is 5.52 Å². The highest BCUT2D eigenvalue weighted by molar-refractivity contribution is 7.09. The third-order valence-corrected chi connectivity index (χ3v) is 3.39. The summed E-state index contributed by atoms with van der Waals surface area (Å²) in [6.07, 6.45) is 0.708. The molecule has 3 rings (SSSR count). The van der Waals surface area contributed by atoms with Crippen LogP contribution in [-0.2, 0) is 6.42 Å². The molecule has 0 atom stereocenters. The van der Waals surface area contributed by atoms with Crippen LogP contribution in [0.15, 0.2) is 12.1 Å². The van der Waals surface area contributed by atoms with E-state index >= 15 is 0 Å². The van der Waals surface area contributed by atoms with Gasteiger partial charge >= 0.3 is 0 Å². The summed E-state index contributed by atoms with van der Waals surface area (Å²) in [6.45, 7) is 1.95. The Morgan fingerprint density at radius 3 is 2.94 bits per heavy atom. The fourth-order valence-electron chi connectivity index (χ4n) is 1.77. The molecule has 0 saturated heterocycles. The number of nitrogens with zero attached hydrogens (tertiary/aromatic N) is 3. The van der Waals surface area contributed by atoms with Gasteiger partial charge < -0.3 is 4.98 Å². The van der Waals surface area contributed by atoms with Crippen LogP contribution in [0.3, 0.4) is 0 Å². The maximum Gasteiger partial charge on any atom is 0.153 e. The van der Waals surface area contributed by atoms with Crippen molar-refractivity contribution in [3.05, 3.63) is 29.5 Å². The van der Waals surface area contributed by atoms with E-state index in [1.807, 2.05) is 6.92 Å². The molecular weight excluding hydrogens is 258 g/mol. The highest BCUT2D eigenvalue weighted by Gasteiger charge is 2.15. The van der Waals surface area contributed by atoms with Crippen molar-refractivity contribution in [3.63, 3.8) is 0 Å². The number of aryl methyl sites for hydroxylation is 1. The number of imidazole rings is 1. The van der Waals surface area contributed by atoms with Crippen LogP contribution >= 0.6 is 11.5 Å². The topological polar surface area (TPSA) is 54.5 Å². The Kier molecular flexibility index (Phi) is 2.55. The fourth-order valence-corrected chi connectivity index (χ4v) is 2.46. The summed E-state index contributed by atoms with van der Waals surface area (Å²) in [4.78, 5) is 7.79. The van der Waals surface area contributed by atoms with Crippen molar-refractivity contribution < 1.29 is 8.78 Å². The van der Waals surface area contributed by atoms with Crippen molar-refractivity contribution in [2.45, 2.75) is 13.3 Å². The average Bonchev–Trinajstić information content (AvgIpc) is 2.92. The summed E-state index contributed by atoms with van der Waals surface area (Å²) in [5, 5.41) is 3.96. The molecule has 92 valence electrons. The van der Waals surface area contributed by atoms with E-state index < -0.39 is 11.6 Å². The van der Waals surface area contributed by atoms with Gasteiger partial charge in [-0.25, -0.2) is 13.8 Å². The Hall–Kier alpha value is -1.89. The van der Waals surface area contributed by atoms with Gasteiger partial charge in [0, 0.05) is 6.07 Å². The van der Waals surface area contributed by atoms with Gasteiger partial charge in [-0.15, -0.1) is 5.10 Å². The van der Waals surface area contributed by atoms with Gasteiger partial charge in [-0.1, -0.05) is 11.4 Å². The molecule has 0 amide bonds. The Morgan fingerprint density at radius 2 is 2.17 bits per heavy atom. The molecule has 3 aromatic rings. The Morgan fingerprint density at radius 1 is 1.33 bits per heavy atom. The lowest BCUT2D eigenvalue weighted by Crippen LogP contribution is -1.85. The summed E-state index contributed by atoms with van der Waals surface area (Å²) in [7, 11) is 0. The minimum atomic E-state index is -0.678. The number of aromatic amines is 1. The maximum absolute atomic E-state index is 13.5. The minimum absolute atomic E-state index is 0.127. The first kappa shape index (κ1) is 11.2. The van der Waals surface area contributed by atoms with Gasteiger partial charge in [0.2, 0.25) is 0 Å². The second-order valence-electron chi connectivity index (χ2n) is 3.77. The lowest BCUT2D eigenvalue weighted by molar-refractivity contribution is 0.591. The van der Waals surface area contributed by atoms with Crippen molar-refractivity contribution in [2.24, 2.45) is 0 Å². The number of fused-ring (bicyclic) bond motifs is 1. The zero-order chi connectivity index (χ0) is 12.7. The van der Waals surface area contributed by atoms with E-state index in [0.717, 1.165) is 16.6 Å². The second-order valence-corrected chi connectivity index (χ2v) is 4.53. The predicted molar refractivity (Wildman–Crippen MR) is 64.3 cm³/mol. The van der Waals surface area contributed by atoms with Gasteiger partial charge in [0.05, 0.1) is 11.2 Å². The van der Waals surface area contributed by atoms with Gasteiger partial charge in [0.1, 0.15) is 16.2 Å². The second kappa shape index (κ2) is 4.09. The molecule has 18 heavy (non-hydrogen) atoms.